The molecule has 0 bridgehead atoms. The van der Waals surface area contributed by atoms with Gasteiger partial charge in [0.2, 0.25) is 0 Å². The number of hydrogen-bond donors (Lipinski definition) is 0. The number of aliphatic carboxylic acids is 1. The lowest BCUT2D eigenvalue weighted by molar-refractivity contribution is -0.870. The fourth-order valence-corrected chi connectivity index (χ4v) is 1.19. The highest BCUT2D eigenvalue weighted by molar-refractivity contribution is 5.64. The lowest BCUT2D eigenvalue weighted by Crippen LogP contribution is -2.34. The molecule has 0 rings (SSSR count). The van der Waals surface area contributed by atoms with Gasteiger partial charge in [0, 0.05) is 19.0 Å². The Morgan fingerprint density at radius 3 is 1.94 bits per heavy atom. The van der Waals surface area contributed by atoms with Crippen LogP contribution < -0.4 is 5.11 Å². The number of carbonyl (C=O) groups excluding carboxylic acids is 1. The first-order valence-corrected chi connectivity index (χ1v) is 6.49. The number of carbonyl (C=O) groups is 1. The summed E-state index contributed by atoms with van der Waals surface area (Å²) in [5.74, 6) is -1.08. The first-order valence-electron chi connectivity index (χ1n) is 6.49. The van der Waals surface area contributed by atoms with Crippen molar-refractivity contribution in [1.29, 1.82) is 0 Å². The van der Waals surface area contributed by atoms with Crippen LogP contribution in [-0.4, -0.2) is 64.6 Å². The van der Waals surface area contributed by atoms with Gasteiger partial charge in [0.25, 0.3) is 0 Å². The Labute approximate surface area is 111 Å². The molecule has 0 amide bonds. The van der Waals surface area contributed by atoms with E-state index in [4.69, 9.17) is 9.47 Å². The van der Waals surface area contributed by atoms with E-state index in [0.717, 1.165) is 4.48 Å². The number of rotatable bonds is 9. The predicted octanol–water partition coefficient (Wildman–Crippen LogP) is 0.282. The molecule has 0 aliphatic carbocycles. The summed E-state index contributed by atoms with van der Waals surface area (Å²) < 4.78 is 10.9. The minimum atomic E-state index is -1.08. The Balaban J connectivity index is 0. The fourth-order valence-electron chi connectivity index (χ4n) is 1.19. The average molecular weight is 263 g/mol. The summed E-state index contributed by atoms with van der Waals surface area (Å²) in [7, 11) is 6.64. The molecule has 0 aliphatic heterocycles. The van der Waals surface area contributed by atoms with Gasteiger partial charge in [0.1, 0.15) is 0 Å². The van der Waals surface area contributed by atoms with Gasteiger partial charge >= 0.3 is 0 Å². The normalized spacial score (nSPS) is 10.7. The maximum absolute atomic E-state index is 9.87. The van der Waals surface area contributed by atoms with Gasteiger partial charge in [-0.15, -0.1) is 0 Å². The summed E-state index contributed by atoms with van der Waals surface area (Å²) in [6, 6.07) is 0. The van der Waals surface area contributed by atoms with E-state index >= 15 is 0 Å². The van der Waals surface area contributed by atoms with E-state index in [2.05, 4.69) is 28.1 Å². The minimum Gasteiger partial charge on any atom is -0.550 e. The molecule has 5 nitrogen and oxygen atoms in total. The maximum Gasteiger partial charge on any atom is 0.0777 e. The molecule has 0 heterocycles. The Morgan fingerprint density at radius 1 is 1.06 bits per heavy atom. The van der Waals surface area contributed by atoms with Crippen molar-refractivity contribution in [2.45, 2.75) is 26.7 Å². The van der Waals surface area contributed by atoms with E-state index in [0.29, 0.717) is 19.8 Å². The first-order chi connectivity index (χ1) is 8.33. The molecular weight excluding hydrogens is 234 g/mol. The van der Waals surface area contributed by atoms with Crippen LogP contribution in [-0.2, 0) is 14.3 Å². The van der Waals surface area contributed by atoms with E-state index in [1.807, 2.05) is 6.92 Å². The van der Waals surface area contributed by atoms with Crippen LogP contribution in [0.3, 0.4) is 0 Å². The summed E-state index contributed by atoms with van der Waals surface area (Å²) in [6.07, 6.45) is 1.23. The molecule has 18 heavy (non-hydrogen) atoms. The molecule has 0 aromatic carbocycles. The zero-order valence-corrected chi connectivity index (χ0v) is 12.5. The van der Waals surface area contributed by atoms with Crippen molar-refractivity contribution in [3.05, 3.63) is 0 Å². The number of nitrogens with zero attached hydrogens (tertiary/aromatic N) is 1. The zero-order valence-electron chi connectivity index (χ0n) is 12.5. The fraction of sp³-hybridized carbons (Fsp3) is 0.923. The van der Waals surface area contributed by atoms with Crippen LogP contribution >= 0.6 is 0 Å². The smallest absolute Gasteiger partial charge is 0.0777 e. The first kappa shape index (κ1) is 19.7. The van der Waals surface area contributed by atoms with Gasteiger partial charge < -0.3 is 23.9 Å². The monoisotopic (exact) mass is 263 g/mol. The molecule has 0 spiro atoms. The van der Waals surface area contributed by atoms with E-state index < -0.39 is 5.97 Å². The van der Waals surface area contributed by atoms with Gasteiger partial charge in [-0.05, 0) is 13.3 Å². The molecule has 0 radical (unpaired) electrons. The molecular formula is C13H29NO4. The summed E-state index contributed by atoms with van der Waals surface area (Å²) in [5.41, 5.74) is 0. The van der Waals surface area contributed by atoms with Crippen LogP contribution in [0.1, 0.15) is 26.7 Å². The largest absolute Gasteiger partial charge is 0.550 e. The molecule has 0 aliphatic rings. The second-order valence-corrected chi connectivity index (χ2v) is 4.95. The Morgan fingerprint density at radius 2 is 1.61 bits per heavy atom. The van der Waals surface area contributed by atoms with Crippen LogP contribution in [0.5, 0.6) is 0 Å². The highest BCUT2D eigenvalue weighted by Gasteiger charge is 2.01. The van der Waals surface area contributed by atoms with Crippen molar-refractivity contribution in [3.8, 4) is 0 Å². The van der Waals surface area contributed by atoms with Crippen molar-refractivity contribution in [3.63, 3.8) is 0 Å². The quantitative estimate of drug-likeness (QED) is 0.443. The van der Waals surface area contributed by atoms with Crippen LogP contribution in [0.15, 0.2) is 0 Å². The van der Waals surface area contributed by atoms with E-state index in [-0.39, 0.29) is 13.0 Å². The van der Waals surface area contributed by atoms with E-state index in [1.165, 1.54) is 13.0 Å². The third-order valence-corrected chi connectivity index (χ3v) is 1.92. The molecule has 5 heteroatoms. The number of quaternary nitrogens is 1. The van der Waals surface area contributed by atoms with Crippen LogP contribution in [0.25, 0.3) is 0 Å². The van der Waals surface area contributed by atoms with Crippen molar-refractivity contribution in [1.82, 2.24) is 0 Å². The van der Waals surface area contributed by atoms with E-state index in [1.54, 1.807) is 0 Å². The van der Waals surface area contributed by atoms with Crippen LogP contribution in [0, 0.1) is 0 Å². The number of ether oxygens (including phenoxy) is 2. The van der Waals surface area contributed by atoms with E-state index in [9.17, 15) is 9.90 Å². The Kier molecular flexibility index (Phi) is 14.0. The third-order valence-electron chi connectivity index (χ3n) is 1.92. The number of carboxylic acids is 1. The molecule has 0 aromatic rings. The van der Waals surface area contributed by atoms with Gasteiger partial charge in [0.15, 0.2) is 0 Å². The molecule has 0 N–H and O–H groups in total. The molecule has 0 atom stereocenters. The Hall–Kier alpha value is -0.650. The third kappa shape index (κ3) is 24.5. The predicted molar refractivity (Wildman–Crippen MR) is 70.1 cm³/mol. The van der Waals surface area contributed by atoms with Crippen molar-refractivity contribution >= 4 is 5.97 Å². The second kappa shape index (κ2) is 12.8. The molecule has 110 valence electrons. The van der Waals surface area contributed by atoms with Crippen molar-refractivity contribution < 1.29 is 23.9 Å². The van der Waals surface area contributed by atoms with Gasteiger partial charge in [-0.1, -0.05) is 6.92 Å². The second-order valence-electron chi connectivity index (χ2n) is 4.95. The molecule has 0 aromatic heterocycles. The Bertz CT molecular complexity index is 190. The summed E-state index contributed by atoms with van der Waals surface area (Å²) in [5, 5.41) is 9.87. The van der Waals surface area contributed by atoms with Crippen LogP contribution in [0.2, 0.25) is 0 Å². The standard InChI is InChI=1S/C7H14O4.C6H16N/c1-2-10-5-6-11-4-3-7(8)9;1-5-6-7(2,3)4/h2-6H2,1H3,(H,8,9);5-6H2,1-4H3/q;+1/p-1. The number of carboxylic acid groups (broad SMARTS) is 1. The molecule has 0 saturated heterocycles. The van der Waals surface area contributed by atoms with Gasteiger partial charge in [-0.2, -0.15) is 0 Å². The lowest BCUT2D eigenvalue weighted by atomic mass is 10.4. The van der Waals surface area contributed by atoms with Crippen LogP contribution in [0.4, 0.5) is 0 Å². The summed E-state index contributed by atoms with van der Waals surface area (Å²) >= 11 is 0. The SMILES string of the molecule is CCC[N+](C)(C)C.CCOCCOCCC(=O)[O-]. The highest BCUT2D eigenvalue weighted by atomic mass is 16.5. The average Bonchev–Trinajstić information content (AvgIpc) is 2.22. The molecule has 0 unspecified atom stereocenters. The van der Waals surface area contributed by atoms with Gasteiger partial charge in [0.05, 0.1) is 47.5 Å². The minimum absolute atomic E-state index is 0.0495. The maximum atomic E-state index is 9.87. The molecule has 0 fully saturated rings. The topological polar surface area (TPSA) is 58.6 Å². The van der Waals surface area contributed by atoms with Crippen molar-refractivity contribution in [2.75, 3.05) is 54.1 Å². The zero-order chi connectivity index (χ0) is 14.4. The lowest BCUT2D eigenvalue weighted by Gasteiger charge is -2.22. The highest BCUT2D eigenvalue weighted by Crippen LogP contribution is 1.90. The van der Waals surface area contributed by atoms with Gasteiger partial charge in [-0.3, -0.25) is 0 Å². The molecule has 0 saturated carbocycles. The van der Waals surface area contributed by atoms with Gasteiger partial charge in [-0.25, -0.2) is 0 Å². The summed E-state index contributed by atoms with van der Waals surface area (Å²) in [6.45, 7) is 7.20. The number of hydrogen-bond acceptors (Lipinski definition) is 4. The summed E-state index contributed by atoms with van der Waals surface area (Å²) in [4.78, 5) is 9.87. The van der Waals surface area contributed by atoms with Crippen molar-refractivity contribution in [2.24, 2.45) is 0 Å².